The second-order valence-electron chi connectivity index (χ2n) is 5.23. The molecule has 1 aliphatic heterocycles. The maximum Gasteiger partial charge on any atom is 0.247 e. The van der Waals surface area contributed by atoms with E-state index in [1.165, 1.54) is 5.56 Å². The van der Waals surface area contributed by atoms with Crippen LogP contribution >= 0.6 is 0 Å². The quantitative estimate of drug-likeness (QED) is 0.910. The summed E-state index contributed by atoms with van der Waals surface area (Å²) in [6, 6.07) is 13.4. The van der Waals surface area contributed by atoms with E-state index >= 15 is 0 Å². The molecule has 1 atom stereocenters. The Hall–Kier alpha value is -2.49. The van der Waals surface area contributed by atoms with Crippen LogP contribution in [-0.4, -0.2) is 19.1 Å². The average Bonchev–Trinajstić information content (AvgIpc) is 2.93. The number of para-hydroxylation sites is 1. The van der Waals surface area contributed by atoms with Gasteiger partial charge in [-0.15, -0.1) is 0 Å². The van der Waals surface area contributed by atoms with Gasteiger partial charge in [0.25, 0.3) is 0 Å². The Bertz CT molecular complexity index is 657. The van der Waals surface area contributed by atoms with E-state index in [4.69, 9.17) is 4.74 Å². The number of carbonyl (C=O) groups excluding carboxylic acids is 1. The summed E-state index contributed by atoms with van der Waals surface area (Å²) in [4.78, 5) is 12.4. The van der Waals surface area contributed by atoms with Crippen LogP contribution in [0.1, 0.15) is 11.1 Å². The summed E-state index contributed by atoms with van der Waals surface area (Å²) in [6.45, 7) is 1.95. The van der Waals surface area contributed by atoms with E-state index < -0.39 is 0 Å². The molecule has 1 amide bonds. The topological polar surface area (TPSA) is 50.4 Å². The van der Waals surface area contributed by atoms with E-state index in [1.54, 1.807) is 7.11 Å². The number of hydrogen-bond acceptors (Lipinski definition) is 3. The molecule has 0 aliphatic carbocycles. The number of aryl methyl sites for hydroxylation is 1. The number of rotatable bonds is 3. The van der Waals surface area contributed by atoms with E-state index in [0.717, 1.165) is 29.1 Å². The molecule has 0 spiro atoms. The van der Waals surface area contributed by atoms with Crippen LogP contribution in [0.4, 0.5) is 11.4 Å². The molecule has 0 saturated heterocycles. The molecule has 2 N–H and O–H groups in total. The maximum atomic E-state index is 12.4. The van der Waals surface area contributed by atoms with E-state index in [0.29, 0.717) is 0 Å². The molecule has 0 unspecified atom stereocenters. The Morgan fingerprint density at radius 3 is 2.81 bits per heavy atom. The van der Waals surface area contributed by atoms with Crippen molar-refractivity contribution in [3.63, 3.8) is 0 Å². The molecular weight excluding hydrogens is 264 g/mol. The molecule has 2 aromatic carbocycles. The van der Waals surface area contributed by atoms with Crippen LogP contribution in [0.3, 0.4) is 0 Å². The number of benzene rings is 2. The molecule has 0 radical (unpaired) electrons. The predicted molar refractivity (Wildman–Crippen MR) is 83.9 cm³/mol. The highest BCUT2D eigenvalue weighted by molar-refractivity contribution is 5.98. The number of nitrogens with one attached hydrogen (secondary N) is 2. The van der Waals surface area contributed by atoms with Crippen molar-refractivity contribution in [1.82, 2.24) is 0 Å². The van der Waals surface area contributed by atoms with Gasteiger partial charge in [-0.3, -0.25) is 4.79 Å². The van der Waals surface area contributed by atoms with Crippen LogP contribution < -0.4 is 15.4 Å². The van der Waals surface area contributed by atoms with Gasteiger partial charge in [0, 0.05) is 17.8 Å². The third-order valence-electron chi connectivity index (χ3n) is 3.78. The molecule has 0 fully saturated rings. The number of amides is 1. The summed E-state index contributed by atoms with van der Waals surface area (Å²) in [6.07, 6.45) is 0.719. The molecular formula is C17H18N2O2. The van der Waals surface area contributed by atoms with Gasteiger partial charge in [0.1, 0.15) is 11.8 Å². The SMILES string of the molecule is COc1ccc(NC(=O)[C@@H]2Cc3ccccc3N2)c(C)c1. The van der Waals surface area contributed by atoms with Gasteiger partial charge in [-0.05, 0) is 42.3 Å². The molecule has 21 heavy (non-hydrogen) atoms. The minimum absolute atomic E-state index is 0.0144. The van der Waals surface area contributed by atoms with Gasteiger partial charge in [0.2, 0.25) is 5.91 Å². The second-order valence-corrected chi connectivity index (χ2v) is 5.23. The summed E-state index contributed by atoms with van der Waals surface area (Å²) < 4.78 is 5.17. The molecule has 2 aromatic rings. The van der Waals surface area contributed by atoms with Crippen LogP contribution in [0.15, 0.2) is 42.5 Å². The van der Waals surface area contributed by atoms with E-state index in [2.05, 4.69) is 10.6 Å². The Morgan fingerprint density at radius 2 is 2.10 bits per heavy atom. The first kappa shape index (κ1) is 13.5. The lowest BCUT2D eigenvalue weighted by molar-refractivity contribution is -0.116. The van der Waals surface area contributed by atoms with E-state index in [9.17, 15) is 4.79 Å². The first-order valence-electron chi connectivity index (χ1n) is 6.97. The van der Waals surface area contributed by atoms with Gasteiger partial charge in [-0.1, -0.05) is 18.2 Å². The van der Waals surface area contributed by atoms with Crippen LogP contribution in [0.5, 0.6) is 5.75 Å². The first-order chi connectivity index (χ1) is 10.2. The second kappa shape index (κ2) is 5.48. The van der Waals surface area contributed by atoms with Crippen molar-refractivity contribution in [1.29, 1.82) is 0 Å². The monoisotopic (exact) mass is 282 g/mol. The van der Waals surface area contributed by atoms with Crippen molar-refractivity contribution in [3.8, 4) is 5.75 Å². The molecule has 4 heteroatoms. The van der Waals surface area contributed by atoms with Crippen molar-refractivity contribution < 1.29 is 9.53 Å². The number of methoxy groups -OCH3 is 1. The summed E-state index contributed by atoms with van der Waals surface area (Å²) in [7, 11) is 1.63. The number of fused-ring (bicyclic) bond motifs is 1. The molecule has 0 bridgehead atoms. The summed E-state index contributed by atoms with van der Waals surface area (Å²) in [5.74, 6) is 0.774. The fourth-order valence-electron chi connectivity index (χ4n) is 2.58. The van der Waals surface area contributed by atoms with Crippen LogP contribution in [0.25, 0.3) is 0 Å². The Kier molecular flexibility index (Phi) is 3.52. The fourth-order valence-corrected chi connectivity index (χ4v) is 2.58. The van der Waals surface area contributed by atoms with E-state index in [1.807, 2.05) is 49.4 Å². The lowest BCUT2D eigenvalue weighted by Crippen LogP contribution is -2.33. The Labute approximate surface area is 124 Å². The zero-order chi connectivity index (χ0) is 14.8. The standard InChI is InChI=1S/C17H18N2O2/c1-11-9-13(21-2)7-8-14(11)19-17(20)16-10-12-5-3-4-6-15(12)18-16/h3-9,16,18H,10H2,1-2H3,(H,19,20)/t16-/m0/s1. The average molecular weight is 282 g/mol. The lowest BCUT2D eigenvalue weighted by atomic mass is 10.1. The van der Waals surface area contributed by atoms with Gasteiger partial charge < -0.3 is 15.4 Å². The highest BCUT2D eigenvalue weighted by Crippen LogP contribution is 2.27. The van der Waals surface area contributed by atoms with Crippen molar-refractivity contribution >= 4 is 17.3 Å². The smallest absolute Gasteiger partial charge is 0.247 e. The number of anilines is 2. The fraction of sp³-hybridized carbons (Fsp3) is 0.235. The molecule has 4 nitrogen and oxygen atoms in total. The number of ether oxygens (including phenoxy) is 1. The first-order valence-corrected chi connectivity index (χ1v) is 6.97. The van der Waals surface area contributed by atoms with Crippen molar-refractivity contribution in [3.05, 3.63) is 53.6 Å². The van der Waals surface area contributed by atoms with E-state index in [-0.39, 0.29) is 11.9 Å². The third-order valence-corrected chi connectivity index (χ3v) is 3.78. The maximum absolute atomic E-state index is 12.4. The highest BCUT2D eigenvalue weighted by Gasteiger charge is 2.26. The van der Waals surface area contributed by atoms with Crippen molar-refractivity contribution in [2.24, 2.45) is 0 Å². The van der Waals surface area contributed by atoms with Gasteiger partial charge in [0.15, 0.2) is 0 Å². The zero-order valence-corrected chi connectivity index (χ0v) is 12.1. The number of hydrogen-bond donors (Lipinski definition) is 2. The molecule has 108 valence electrons. The minimum Gasteiger partial charge on any atom is -0.497 e. The van der Waals surface area contributed by atoms with Gasteiger partial charge >= 0.3 is 0 Å². The molecule has 0 aromatic heterocycles. The predicted octanol–water partition coefficient (Wildman–Crippen LogP) is 2.98. The van der Waals surface area contributed by atoms with Crippen molar-refractivity contribution in [2.45, 2.75) is 19.4 Å². The molecule has 1 heterocycles. The van der Waals surface area contributed by atoms with Crippen LogP contribution in [0.2, 0.25) is 0 Å². The van der Waals surface area contributed by atoms with Crippen LogP contribution in [0, 0.1) is 6.92 Å². The third kappa shape index (κ3) is 2.70. The zero-order valence-electron chi connectivity index (χ0n) is 12.1. The van der Waals surface area contributed by atoms with Gasteiger partial charge in [-0.2, -0.15) is 0 Å². The van der Waals surface area contributed by atoms with Crippen molar-refractivity contribution in [2.75, 3.05) is 17.7 Å². The van der Waals surface area contributed by atoms with Crippen LogP contribution in [-0.2, 0) is 11.2 Å². The number of carbonyl (C=O) groups is 1. The lowest BCUT2D eigenvalue weighted by Gasteiger charge is -2.14. The van der Waals surface area contributed by atoms with Gasteiger partial charge in [0.05, 0.1) is 7.11 Å². The summed E-state index contributed by atoms with van der Waals surface area (Å²) in [5, 5.41) is 6.24. The van der Waals surface area contributed by atoms with Gasteiger partial charge in [-0.25, -0.2) is 0 Å². The summed E-state index contributed by atoms with van der Waals surface area (Å²) >= 11 is 0. The Balaban J connectivity index is 1.71. The molecule has 1 aliphatic rings. The summed E-state index contributed by atoms with van der Waals surface area (Å²) in [5.41, 5.74) is 4.03. The Morgan fingerprint density at radius 1 is 1.29 bits per heavy atom. The largest absolute Gasteiger partial charge is 0.497 e. The molecule has 0 saturated carbocycles. The highest BCUT2D eigenvalue weighted by atomic mass is 16.5. The molecule has 3 rings (SSSR count). The normalized spacial score (nSPS) is 16.0. The minimum atomic E-state index is -0.219.